The predicted octanol–water partition coefficient (Wildman–Crippen LogP) is 3.31. The highest BCUT2D eigenvalue weighted by atomic mass is 127. The summed E-state index contributed by atoms with van der Waals surface area (Å²) in [5, 5.41) is 11.4. The summed E-state index contributed by atoms with van der Waals surface area (Å²) in [6, 6.07) is 14.0. The van der Waals surface area contributed by atoms with Crippen molar-refractivity contribution in [2.75, 3.05) is 12.4 Å². The zero-order valence-corrected chi connectivity index (χ0v) is 18.0. The first kappa shape index (κ1) is 20.1. The molecule has 0 unspecified atom stereocenters. The van der Waals surface area contributed by atoms with Crippen molar-refractivity contribution in [1.82, 2.24) is 15.0 Å². The number of ether oxygens (including phenoxy) is 1. The van der Waals surface area contributed by atoms with Crippen LogP contribution in [0.25, 0.3) is 5.69 Å². The Morgan fingerprint density at radius 2 is 1.96 bits per heavy atom. The van der Waals surface area contributed by atoms with E-state index in [1.165, 1.54) is 24.0 Å². The molecule has 1 heterocycles. The molecule has 3 N–H and O–H groups in total. The lowest BCUT2D eigenvalue weighted by molar-refractivity contribution is 0.414. The predicted molar refractivity (Wildman–Crippen MR) is 121 cm³/mol. The van der Waals surface area contributed by atoms with Gasteiger partial charge in [0.1, 0.15) is 11.4 Å². The number of anilines is 1. The number of nitrogens with zero attached hydrogens (tertiary/aromatic N) is 4. The maximum absolute atomic E-state index is 6.02. The molecule has 7 nitrogen and oxygen atoms in total. The number of methoxy groups -OCH3 is 1. The van der Waals surface area contributed by atoms with Gasteiger partial charge in [0.15, 0.2) is 5.96 Å². The number of hydrogen-bond donors (Lipinski definition) is 2. The van der Waals surface area contributed by atoms with Crippen molar-refractivity contribution in [2.45, 2.75) is 25.8 Å². The molecule has 146 valence electrons. The minimum Gasteiger partial charge on any atom is -0.497 e. The van der Waals surface area contributed by atoms with E-state index in [1.54, 1.807) is 11.8 Å². The SMILES string of the molecule is COc1ccc(-n2cc(CN=C(N)Nc3ccc4c(c3)CCC4)nn2)cc1.I. The number of fused-ring (bicyclic) bond motifs is 1. The van der Waals surface area contributed by atoms with E-state index in [0.29, 0.717) is 12.5 Å². The summed E-state index contributed by atoms with van der Waals surface area (Å²) in [4.78, 5) is 4.37. The van der Waals surface area contributed by atoms with E-state index in [1.807, 2.05) is 36.5 Å². The van der Waals surface area contributed by atoms with Gasteiger partial charge in [-0.05, 0) is 66.8 Å². The highest BCUT2D eigenvalue weighted by molar-refractivity contribution is 14.0. The van der Waals surface area contributed by atoms with Crippen molar-refractivity contribution in [3.8, 4) is 11.4 Å². The first-order valence-electron chi connectivity index (χ1n) is 8.96. The van der Waals surface area contributed by atoms with Gasteiger partial charge in [-0.1, -0.05) is 11.3 Å². The number of guanidine groups is 1. The molecule has 0 bridgehead atoms. The Labute approximate surface area is 181 Å². The molecule has 0 atom stereocenters. The molecule has 3 aromatic rings. The van der Waals surface area contributed by atoms with E-state index in [4.69, 9.17) is 10.5 Å². The fraction of sp³-hybridized carbons (Fsp3) is 0.250. The molecule has 0 spiro atoms. The van der Waals surface area contributed by atoms with Gasteiger partial charge in [0.2, 0.25) is 0 Å². The first-order chi connectivity index (χ1) is 13.2. The molecule has 1 aromatic heterocycles. The number of aryl methyl sites for hydroxylation is 2. The number of rotatable bonds is 5. The number of aliphatic imine (C=N–C) groups is 1. The van der Waals surface area contributed by atoms with Crippen molar-refractivity contribution in [1.29, 1.82) is 0 Å². The Morgan fingerprint density at radius 1 is 1.18 bits per heavy atom. The van der Waals surface area contributed by atoms with Crippen molar-refractivity contribution < 1.29 is 4.74 Å². The molecule has 0 saturated carbocycles. The molecule has 1 aliphatic carbocycles. The zero-order chi connectivity index (χ0) is 18.6. The number of hydrogen-bond acceptors (Lipinski definition) is 4. The number of nitrogens with one attached hydrogen (secondary N) is 1. The Kier molecular flexibility index (Phi) is 6.50. The number of nitrogens with two attached hydrogens (primary N) is 1. The maximum Gasteiger partial charge on any atom is 0.193 e. The first-order valence-corrected chi connectivity index (χ1v) is 8.96. The number of halogens is 1. The molecule has 4 rings (SSSR count). The summed E-state index contributed by atoms with van der Waals surface area (Å²) in [7, 11) is 1.64. The van der Waals surface area contributed by atoms with Gasteiger partial charge >= 0.3 is 0 Å². The van der Waals surface area contributed by atoms with Crippen LogP contribution < -0.4 is 15.8 Å². The van der Waals surface area contributed by atoms with Crippen LogP contribution in [0, 0.1) is 0 Å². The van der Waals surface area contributed by atoms with Gasteiger partial charge in [0.25, 0.3) is 0 Å². The van der Waals surface area contributed by atoms with Crippen LogP contribution in [-0.2, 0) is 19.4 Å². The van der Waals surface area contributed by atoms with Gasteiger partial charge in [-0.15, -0.1) is 29.1 Å². The van der Waals surface area contributed by atoms with Gasteiger partial charge in [-0.3, -0.25) is 0 Å². The van der Waals surface area contributed by atoms with Gasteiger partial charge in [0.05, 0.1) is 25.5 Å². The van der Waals surface area contributed by atoms with Crippen molar-refractivity contribution >= 4 is 35.6 Å². The van der Waals surface area contributed by atoms with Crippen LogP contribution in [0.2, 0.25) is 0 Å². The molecule has 1 aliphatic rings. The Morgan fingerprint density at radius 3 is 2.75 bits per heavy atom. The summed E-state index contributed by atoms with van der Waals surface area (Å²) in [5.74, 6) is 1.17. The third kappa shape index (κ3) is 4.61. The molecule has 2 aromatic carbocycles. The minimum absolute atomic E-state index is 0. The molecule has 8 heteroatoms. The monoisotopic (exact) mass is 490 g/mol. The van der Waals surface area contributed by atoms with Crippen LogP contribution in [0.5, 0.6) is 5.75 Å². The lowest BCUT2D eigenvalue weighted by Crippen LogP contribution is -2.22. The van der Waals surface area contributed by atoms with Gasteiger partial charge in [-0.25, -0.2) is 9.67 Å². The van der Waals surface area contributed by atoms with Gasteiger partial charge < -0.3 is 15.8 Å². The third-order valence-electron chi connectivity index (χ3n) is 4.66. The lowest BCUT2D eigenvalue weighted by Gasteiger charge is -2.07. The molecule has 28 heavy (non-hydrogen) atoms. The second-order valence-electron chi connectivity index (χ2n) is 6.52. The van der Waals surface area contributed by atoms with E-state index < -0.39 is 0 Å². The topological polar surface area (TPSA) is 90.3 Å². The van der Waals surface area contributed by atoms with Crippen LogP contribution in [0.4, 0.5) is 5.69 Å². The van der Waals surface area contributed by atoms with Crippen molar-refractivity contribution in [2.24, 2.45) is 10.7 Å². The second kappa shape index (κ2) is 9.05. The molecular formula is C20H23IN6O. The van der Waals surface area contributed by atoms with Crippen LogP contribution in [0.15, 0.2) is 53.7 Å². The Balaban J connectivity index is 0.00000225. The quantitative estimate of drug-likeness (QED) is 0.326. The van der Waals surface area contributed by atoms with E-state index in [-0.39, 0.29) is 24.0 Å². The van der Waals surface area contributed by atoms with E-state index in [9.17, 15) is 0 Å². The standard InChI is InChI=1S/C20H22N6O.HI/c1-27-19-9-7-18(8-10-19)26-13-17(24-25-26)12-22-20(21)23-16-6-5-14-3-2-4-15(14)11-16;/h5-11,13H,2-4,12H2,1H3,(H3,21,22,23);1H. The maximum atomic E-state index is 6.02. The van der Waals surface area contributed by atoms with Crippen LogP contribution in [0.1, 0.15) is 23.2 Å². The fourth-order valence-corrected chi connectivity index (χ4v) is 3.24. The van der Waals surface area contributed by atoms with Crippen LogP contribution in [-0.4, -0.2) is 28.1 Å². The molecule has 0 amide bonds. The van der Waals surface area contributed by atoms with Crippen LogP contribution >= 0.6 is 24.0 Å². The third-order valence-corrected chi connectivity index (χ3v) is 4.66. The van der Waals surface area contributed by atoms with E-state index in [0.717, 1.165) is 29.2 Å². The fourth-order valence-electron chi connectivity index (χ4n) is 3.24. The summed E-state index contributed by atoms with van der Waals surface area (Å²) < 4.78 is 6.87. The highest BCUT2D eigenvalue weighted by Crippen LogP contribution is 2.24. The average molecular weight is 490 g/mol. The summed E-state index contributed by atoms with van der Waals surface area (Å²) in [5.41, 5.74) is 11.5. The van der Waals surface area contributed by atoms with Gasteiger partial charge in [0, 0.05) is 5.69 Å². The number of benzene rings is 2. The second-order valence-corrected chi connectivity index (χ2v) is 6.52. The van der Waals surface area contributed by atoms with Crippen molar-refractivity contribution in [3.05, 3.63) is 65.5 Å². The number of aromatic nitrogens is 3. The lowest BCUT2D eigenvalue weighted by atomic mass is 10.1. The molecule has 0 aliphatic heterocycles. The smallest absolute Gasteiger partial charge is 0.193 e. The van der Waals surface area contributed by atoms with Crippen LogP contribution in [0.3, 0.4) is 0 Å². The molecular weight excluding hydrogens is 467 g/mol. The average Bonchev–Trinajstić information content (AvgIpc) is 3.35. The Hall–Kier alpha value is -2.62. The summed E-state index contributed by atoms with van der Waals surface area (Å²) in [6.07, 6.45) is 5.37. The molecule has 0 saturated heterocycles. The Bertz CT molecular complexity index is 967. The van der Waals surface area contributed by atoms with Gasteiger partial charge in [-0.2, -0.15) is 0 Å². The summed E-state index contributed by atoms with van der Waals surface area (Å²) >= 11 is 0. The molecule has 0 radical (unpaired) electrons. The minimum atomic E-state index is 0. The van der Waals surface area contributed by atoms with E-state index in [2.05, 4.69) is 32.8 Å². The summed E-state index contributed by atoms with van der Waals surface area (Å²) in [6.45, 7) is 0.361. The zero-order valence-electron chi connectivity index (χ0n) is 15.6. The van der Waals surface area contributed by atoms with E-state index >= 15 is 0 Å². The normalized spacial score (nSPS) is 13.0. The largest absolute Gasteiger partial charge is 0.497 e. The van der Waals surface area contributed by atoms with Crippen molar-refractivity contribution in [3.63, 3.8) is 0 Å². The molecule has 0 fully saturated rings. The highest BCUT2D eigenvalue weighted by Gasteiger charge is 2.11.